The smallest absolute Gasteiger partial charge is 0.338 e. The largest absolute Gasteiger partial charge is 0.453 e. The van der Waals surface area contributed by atoms with Gasteiger partial charge in [0.25, 0.3) is 5.56 Å². The molecule has 1 saturated heterocycles. The molecule has 0 saturated carbocycles. The van der Waals surface area contributed by atoms with Crippen LogP contribution in [0, 0.1) is 0 Å². The number of carbonyl (C=O) groups is 1. The molecule has 0 bridgehead atoms. The van der Waals surface area contributed by atoms with Crippen LogP contribution < -0.4 is 11.2 Å². The third-order valence-corrected chi connectivity index (χ3v) is 5.91. The summed E-state index contributed by atoms with van der Waals surface area (Å²) in [5.74, 6) is -0.507. The first kappa shape index (κ1) is 24.6. The second kappa shape index (κ2) is 11.3. The first-order valence-corrected chi connectivity index (χ1v) is 11.4. The van der Waals surface area contributed by atoms with Gasteiger partial charge in [0, 0.05) is 19.4 Å². The molecule has 9 nitrogen and oxygen atoms in total. The van der Waals surface area contributed by atoms with Crippen LogP contribution in [0.2, 0.25) is 0 Å². The Bertz CT molecular complexity index is 1240. The highest BCUT2D eigenvalue weighted by molar-refractivity contribution is 5.89. The molecule has 4 rings (SSSR count). The highest BCUT2D eigenvalue weighted by Gasteiger charge is 2.48. The Balaban J connectivity index is 1.55. The maximum atomic E-state index is 13.2. The standard InChI is InChI=1S/C26H28N2O7/c1-3-20-22(35-25(30)19-12-8-5-9-13-19)23(32-2)24(34-20)27-15-14-21(29)28(26(27)31)17-33-16-18-10-6-4-7-11-18/h4-15,20,22-24H,3,16-17H2,1-2H3/t20-,22+,23?,24-/m1/s1. The van der Waals surface area contributed by atoms with Crippen LogP contribution in [0.15, 0.2) is 82.5 Å². The summed E-state index contributed by atoms with van der Waals surface area (Å²) in [6.45, 7) is 1.92. The van der Waals surface area contributed by atoms with Gasteiger partial charge in [0.1, 0.15) is 12.8 Å². The molecule has 9 heteroatoms. The molecule has 0 aliphatic carbocycles. The molecule has 184 valence electrons. The number of esters is 1. The first-order chi connectivity index (χ1) is 17.0. The second-order valence-corrected chi connectivity index (χ2v) is 8.14. The minimum atomic E-state index is -0.896. The molecule has 1 aliphatic heterocycles. The minimum Gasteiger partial charge on any atom is -0.453 e. The number of benzene rings is 2. The molecule has 0 radical (unpaired) electrons. The zero-order chi connectivity index (χ0) is 24.8. The average molecular weight is 481 g/mol. The van der Waals surface area contributed by atoms with Crippen molar-refractivity contribution in [2.75, 3.05) is 7.11 Å². The Morgan fingerprint density at radius 3 is 2.31 bits per heavy atom. The van der Waals surface area contributed by atoms with Crippen molar-refractivity contribution in [3.05, 3.63) is 105 Å². The predicted molar refractivity (Wildman–Crippen MR) is 127 cm³/mol. The lowest BCUT2D eigenvalue weighted by Gasteiger charge is -2.23. The molecule has 2 aromatic carbocycles. The predicted octanol–water partition coefficient (Wildman–Crippen LogP) is 2.73. The van der Waals surface area contributed by atoms with E-state index in [4.69, 9.17) is 18.9 Å². The number of rotatable bonds is 9. The molecular formula is C26H28N2O7. The molecule has 35 heavy (non-hydrogen) atoms. The summed E-state index contributed by atoms with van der Waals surface area (Å²) >= 11 is 0. The van der Waals surface area contributed by atoms with Gasteiger partial charge in [-0.1, -0.05) is 55.5 Å². The summed E-state index contributed by atoms with van der Waals surface area (Å²) in [6, 6.07) is 19.3. The molecule has 3 aromatic rings. The summed E-state index contributed by atoms with van der Waals surface area (Å²) in [6.07, 6.45) is -1.02. The summed E-state index contributed by atoms with van der Waals surface area (Å²) in [5.41, 5.74) is 0.221. The van der Waals surface area contributed by atoms with Crippen LogP contribution in [0.5, 0.6) is 0 Å². The lowest BCUT2D eigenvalue weighted by Crippen LogP contribution is -2.44. The monoisotopic (exact) mass is 480 g/mol. The van der Waals surface area contributed by atoms with Crippen molar-refractivity contribution in [1.82, 2.24) is 9.13 Å². The molecule has 1 aliphatic rings. The maximum absolute atomic E-state index is 13.2. The van der Waals surface area contributed by atoms with E-state index < -0.39 is 41.8 Å². The third-order valence-electron chi connectivity index (χ3n) is 5.91. The van der Waals surface area contributed by atoms with Crippen LogP contribution in [0.4, 0.5) is 0 Å². The van der Waals surface area contributed by atoms with Crippen LogP contribution in [0.1, 0.15) is 35.5 Å². The van der Waals surface area contributed by atoms with Gasteiger partial charge in [-0.15, -0.1) is 0 Å². The van der Waals surface area contributed by atoms with Crippen molar-refractivity contribution < 1.29 is 23.7 Å². The van der Waals surface area contributed by atoms with Crippen LogP contribution in [-0.2, 0) is 32.3 Å². The van der Waals surface area contributed by atoms with Gasteiger partial charge in [-0.3, -0.25) is 9.36 Å². The molecule has 0 spiro atoms. The molecule has 2 heterocycles. The summed E-state index contributed by atoms with van der Waals surface area (Å²) in [4.78, 5) is 38.3. The van der Waals surface area contributed by atoms with E-state index >= 15 is 0 Å². The SMILES string of the molecule is CC[C@H]1O[C@@H](n2ccc(=O)n(COCc3ccccc3)c2=O)C(OC)[C@H]1OC(=O)c1ccccc1. The quantitative estimate of drug-likeness (QED) is 0.435. The lowest BCUT2D eigenvalue weighted by atomic mass is 10.1. The summed E-state index contributed by atoms with van der Waals surface area (Å²) < 4.78 is 25.4. The Morgan fingerprint density at radius 1 is 0.971 bits per heavy atom. The van der Waals surface area contributed by atoms with Gasteiger partial charge >= 0.3 is 11.7 Å². The van der Waals surface area contributed by atoms with Crippen molar-refractivity contribution in [3.8, 4) is 0 Å². The van der Waals surface area contributed by atoms with Gasteiger partial charge in [0.05, 0.1) is 18.3 Å². The highest BCUT2D eigenvalue weighted by Crippen LogP contribution is 2.34. The van der Waals surface area contributed by atoms with Gasteiger partial charge in [0.2, 0.25) is 0 Å². The van der Waals surface area contributed by atoms with E-state index in [1.807, 2.05) is 43.3 Å². The topological polar surface area (TPSA) is 98.0 Å². The number of aromatic nitrogens is 2. The van der Waals surface area contributed by atoms with E-state index in [0.29, 0.717) is 12.0 Å². The van der Waals surface area contributed by atoms with Gasteiger partial charge in [-0.25, -0.2) is 14.2 Å². The van der Waals surface area contributed by atoms with Crippen molar-refractivity contribution in [2.24, 2.45) is 0 Å². The fourth-order valence-electron chi connectivity index (χ4n) is 4.09. The summed E-state index contributed by atoms with van der Waals surface area (Å²) in [7, 11) is 1.46. The van der Waals surface area contributed by atoms with Gasteiger partial charge < -0.3 is 18.9 Å². The Hall–Kier alpha value is -3.53. The Labute approximate surface area is 202 Å². The van der Waals surface area contributed by atoms with Crippen LogP contribution >= 0.6 is 0 Å². The van der Waals surface area contributed by atoms with Crippen molar-refractivity contribution in [2.45, 2.75) is 51.2 Å². The Kier molecular flexibility index (Phi) is 7.91. The molecular weight excluding hydrogens is 452 g/mol. The zero-order valence-corrected chi connectivity index (χ0v) is 19.6. The third kappa shape index (κ3) is 5.43. The van der Waals surface area contributed by atoms with Gasteiger partial charge in [0.15, 0.2) is 12.3 Å². The maximum Gasteiger partial charge on any atom is 0.338 e. The van der Waals surface area contributed by atoms with E-state index in [1.54, 1.807) is 24.3 Å². The normalized spacial score (nSPS) is 21.7. The average Bonchev–Trinajstić information content (AvgIpc) is 3.24. The Morgan fingerprint density at radius 2 is 1.66 bits per heavy atom. The highest BCUT2D eigenvalue weighted by atomic mass is 16.6. The van der Waals surface area contributed by atoms with Gasteiger partial charge in [-0.2, -0.15) is 0 Å². The molecule has 0 amide bonds. The fourth-order valence-corrected chi connectivity index (χ4v) is 4.09. The van der Waals surface area contributed by atoms with E-state index in [1.165, 1.54) is 23.9 Å². The molecule has 1 unspecified atom stereocenters. The lowest BCUT2D eigenvalue weighted by molar-refractivity contribution is -0.0571. The van der Waals surface area contributed by atoms with E-state index in [2.05, 4.69) is 0 Å². The van der Waals surface area contributed by atoms with Crippen LogP contribution in [-0.4, -0.2) is 40.5 Å². The van der Waals surface area contributed by atoms with Crippen molar-refractivity contribution in [1.29, 1.82) is 0 Å². The minimum absolute atomic E-state index is 0.221. The number of methoxy groups -OCH3 is 1. The van der Waals surface area contributed by atoms with E-state index in [-0.39, 0.29) is 13.3 Å². The van der Waals surface area contributed by atoms with Crippen LogP contribution in [0.3, 0.4) is 0 Å². The zero-order valence-electron chi connectivity index (χ0n) is 19.6. The molecule has 4 atom stereocenters. The summed E-state index contributed by atoms with van der Waals surface area (Å²) in [5, 5.41) is 0. The fraction of sp³-hybridized carbons (Fsp3) is 0.346. The van der Waals surface area contributed by atoms with E-state index in [0.717, 1.165) is 10.1 Å². The number of hydrogen-bond acceptors (Lipinski definition) is 7. The van der Waals surface area contributed by atoms with Crippen molar-refractivity contribution in [3.63, 3.8) is 0 Å². The van der Waals surface area contributed by atoms with E-state index in [9.17, 15) is 14.4 Å². The first-order valence-electron chi connectivity index (χ1n) is 11.4. The number of nitrogens with zero attached hydrogens (tertiary/aromatic N) is 2. The number of hydrogen-bond donors (Lipinski definition) is 0. The van der Waals surface area contributed by atoms with Gasteiger partial charge in [-0.05, 0) is 24.1 Å². The number of carbonyl (C=O) groups excluding carboxylic acids is 1. The molecule has 1 fully saturated rings. The number of ether oxygens (including phenoxy) is 4. The molecule has 1 aromatic heterocycles. The second-order valence-electron chi connectivity index (χ2n) is 8.14. The van der Waals surface area contributed by atoms with Crippen LogP contribution in [0.25, 0.3) is 0 Å². The van der Waals surface area contributed by atoms with Crippen molar-refractivity contribution >= 4 is 5.97 Å². The molecule has 0 N–H and O–H groups in total.